The molecule has 0 aromatic heterocycles. The summed E-state index contributed by atoms with van der Waals surface area (Å²) in [6.07, 6.45) is 2.65. The van der Waals surface area contributed by atoms with Crippen LogP contribution in [0.1, 0.15) is 40.4 Å². The van der Waals surface area contributed by atoms with E-state index in [9.17, 15) is 9.59 Å². The summed E-state index contributed by atoms with van der Waals surface area (Å²) < 4.78 is 22.1. The average molecular weight is 472 g/mol. The summed E-state index contributed by atoms with van der Waals surface area (Å²) in [7, 11) is 1.59. The summed E-state index contributed by atoms with van der Waals surface area (Å²) in [5, 5.41) is 0. The van der Waals surface area contributed by atoms with Gasteiger partial charge < -0.3 is 18.9 Å². The standard InChI is InChI=1S/C28H25NO6/c1-3-12-33-25-14-18(8-10-23(25)32-2)13-22-20-6-4-5-7-21(20)27(30)29(28(22)31)16-19-9-11-24-26(15-19)35-17-34-24/h4-11,13-15H,3,12,16-17H2,1-2H3. The first-order valence-corrected chi connectivity index (χ1v) is 11.5. The minimum atomic E-state index is -0.363. The molecule has 5 rings (SSSR count). The number of amides is 2. The van der Waals surface area contributed by atoms with Crippen molar-refractivity contribution >= 4 is 23.5 Å². The Bertz CT molecular complexity index is 1330. The normalized spacial score (nSPS) is 15.4. The molecule has 3 aromatic carbocycles. The van der Waals surface area contributed by atoms with Gasteiger partial charge in [-0.05, 0) is 59.5 Å². The molecule has 0 bridgehead atoms. The van der Waals surface area contributed by atoms with Crippen LogP contribution < -0.4 is 18.9 Å². The molecule has 7 nitrogen and oxygen atoms in total. The summed E-state index contributed by atoms with van der Waals surface area (Å²) in [5.41, 5.74) is 3.07. The van der Waals surface area contributed by atoms with Gasteiger partial charge in [0.1, 0.15) is 0 Å². The third-order valence-corrected chi connectivity index (χ3v) is 5.91. The molecule has 0 spiro atoms. The van der Waals surface area contributed by atoms with Gasteiger partial charge in [-0.2, -0.15) is 0 Å². The average Bonchev–Trinajstić information content (AvgIpc) is 3.36. The number of carbonyl (C=O) groups excluding carboxylic acids is 2. The number of hydrogen-bond donors (Lipinski definition) is 0. The fourth-order valence-corrected chi connectivity index (χ4v) is 4.18. The van der Waals surface area contributed by atoms with Crippen molar-refractivity contribution in [2.45, 2.75) is 19.9 Å². The van der Waals surface area contributed by atoms with Crippen LogP contribution in [-0.4, -0.2) is 37.2 Å². The first-order chi connectivity index (χ1) is 17.1. The summed E-state index contributed by atoms with van der Waals surface area (Å²) in [5.74, 6) is 1.79. The van der Waals surface area contributed by atoms with E-state index in [-0.39, 0.29) is 25.2 Å². The van der Waals surface area contributed by atoms with Gasteiger partial charge in [-0.1, -0.05) is 37.3 Å². The molecule has 3 aromatic rings. The summed E-state index contributed by atoms with van der Waals surface area (Å²) in [4.78, 5) is 28.2. The number of benzene rings is 3. The van der Waals surface area contributed by atoms with Gasteiger partial charge in [-0.3, -0.25) is 14.5 Å². The largest absolute Gasteiger partial charge is 0.493 e. The number of ether oxygens (including phenoxy) is 4. The van der Waals surface area contributed by atoms with Gasteiger partial charge >= 0.3 is 0 Å². The maximum absolute atomic E-state index is 13.6. The number of imide groups is 1. The molecule has 2 amide bonds. The van der Waals surface area contributed by atoms with Gasteiger partial charge in [0.2, 0.25) is 6.79 Å². The molecular weight excluding hydrogens is 446 g/mol. The SMILES string of the molecule is CCCOc1cc(C=C2C(=O)N(Cc3ccc4c(c3)OCO4)C(=O)c3ccccc32)ccc1OC. The van der Waals surface area contributed by atoms with Crippen LogP contribution >= 0.6 is 0 Å². The summed E-state index contributed by atoms with van der Waals surface area (Å²) >= 11 is 0. The van der Waals surface area contributed by atoms with Gasteiger partial charge in [0, 0.05) is 11.1 Å². The molecule has 7 heteroatoms. The van der Waals surface area contributed by atoms with Crippen LogP contribution in [0.25, 0.3) is 11.6 Å². The number of hydrogen-bond acceptors (Lipinski definition) is 6. The summed E-state index contributed by atoms with van der Waals surface area (Å²) in [6, 6.07) is 18.1. The highest BCUT2D eigenvalue weighted by Gasteiger charge is 2.35. The second-order valence-corrected chi connectivity index (χ2v) is 8.25. The van der Waals surface area contributed by atoms with E-state index in [1.807, 2.05) is 37.3 Å². The minimum absolute atomic E-state index is 0.119. The van der Waals surface area contributed by atoms with Crippen molar-refractivity contribution < 1.29 is 28.5 Å². The van der Waals surface area contributed by atoms with Crippen LogP contribution in [0.5, 0.6) is 23.0 Å². The van der Waals surface area contributed by atoms with Crippen molar-refractivity contribution in [3.63, 3.8) is 0 Å². The van der Waals surface area contributed by atoms with E-state index >= 15 is 0 Å². The Balaban J connectivity index is 1.53. The molecule has 2 aliphatic rings. The lowest BCUT2D eigenvalue weighted by atomic mass is 9.91. The van der Waals surface area contributed by atoms with Gasteiger partial charge in [-0.25, -0.2) is 0 Å². The molecule has 0 saturated heterocycles. The maximum Gasteiger partial charge on any atom is 0.261 e. The number of nitrogens with zero attached hydrogens (tertiary/aromatic N) is 1. The first kappa shape index (κ1) is 22.5. The van der Waals surface area contributed by atoms with Crippen molar-refractivity contribution in [1.29, 1.82) is 0 Å². The third-order valence-electron chi connectivity index (χ3n) is 5.91. The zero-order valence-electron chi connectivity index (χ0n) is 19.6. The quantitative estimate of drug-likeness (QED) is 0.359. The lowest BCUT2D eigenvalue weighted by Gasteiger charge is -2.29. The van der Waals surface area contributed by atoms with E-state index in [1.54, 1.807) is 43.5 Å². The first-order valence-electron chi connectivity index (χ1n) is 11.5. The van der Waals surface area contributed by atoms with Crippen molar-refractivity contribution in [2.24, 2.45) is 0 Å². The highest BCUT2D eigenvalue weighted by Crippen LogP contribution is 2.36. The number of rotatable bonds is 7. The highest BCUT2D eigenvalue weighted by molar-refractivity contribution is 6.33. The Labute approximate surface area is 203 Å². The fraction of sp³-hybridized carbons (Fsp3) is 0.214. The van der Waals surface area contributed by atoms with Crippen molar-refractivity contribution in [1.82, 2.24) is 4.90 Å². The van der Waals surface area contributed by atoms with Crippen LogP contribution in [-0.2, 0) is 11.3 Å². The molecule has 0 fully saturated rings. The predicted octanol–water partition coefficient (Wildman–Crippen LogP) is 4.94. The van der Waals surface area contributed by atoms with E-state index in [0.717, 1.165) is 17.5 Å². The van der Waals surface area contributed by atoms with Gasteiger partial charge in [0.15, 0.2) is 23.0 Å². The Kier molecular flexibility index (Phi) is 6.14. The van der Waals surface area contributed by atoms with E-state index in [0.29, 0.717) is 46.3 Å². The topological polar surface area (TPSA) is 74.3 Å². The molecule has 0 radical (unpaired) electrons. The monoisotopic (exact) mass is 471 g/mol. The molecule has 178 valence electrons. The molecule has 0 unspecified atom stereocenters. The summed E-state index contributed by atoms with van der Waals surface area (Å²) in [6.45, 7) is 2.86. The van der Waals surface area contributed by atoms with Crippen LogP contribution in [0.3, 0.4) is 0 Å². The smallest absolute Gasteiger partial charge is 0.261 e. The molecular formula is C28H25NO6. The Morgan fingerprint density at radius 1 is 0.914 bits per heavy atom. The number of fused-ring (bicyclic) bond motifs is 2. The maximum atomic E-state index is 13.6. The lowest BCUT2D eigenvalue weighted by Crippen LogP contribution is -2.41. The van der Waals surface area contributed by atoms with Crippen LogP contribution in [0.15, 0.2) is 60.7 Å². The minimum Gasteiger partial charge on any atom is -0.493 e. The van der Waals surface area contributed by atoms with Crippen LogP contribution in [0.2, 0.25) is 0 Å². The van der Waals surface area contributed by atoms with Crippen molar-refractivity contribution in [3.05, 3.63) is 82.9 Å². The van der Waals surface area contributed by atoms with Crippen LogP contribution in [0, 0.1) is 0 Å². The van der Waals surface area contributed by atoms with Gasteiger partial charge in [0.25, 0.3) is 11.8 Å². The molecule has 2 aliphatic heterocycles. The molecule has 0 atom stereocenters. The molecule has 2 heterocycles. The zero-order chi connectivity index (χ0) is 24.4. The van der Waals surface area contributed by atoms with Crippen molar-refractivity contribution in [2.75, 3.05) is 20.5 Å². The number of methoxy groups -OCH3 is 1. The Hall–Kier alpha value is -4.26. The van der Waals surface area contributed by atoms with Crippen molar-refractivity contribution in [3.8, 4) is 23.0 Å². The van der Waals surface area contributed by atoms with Gasteiger partial charge in [-0.15, -0.1) is 0 Å². The molecule has 35 heavy (non-hydrogen) atoms. The van der Waals surface area contributed by atoms with E-state index in [2.05, 4.69) is 0 Å². The third kappa shape index (κ3) is 4.33. The second kappa shape index (κ2) is 9.54. The van der Waals surface area contributed by atoms with Gasteiger partial charge in [0.05, 0.1) is 20.3 Å². The number of carbonyl (C=O) groups is 2. The second-order valence-electron chi connectivity index (χ2n) is 8.25. The highest BCUT2D eigenvalue weighted by atomic mass is 16.7. The Morgan fingerprint density at radius 3 is 2.51 bits per heavy atom. The Morgan fingerprint density at radius 2 is 1.71 bits per heavy atom. The van der Waals surface area contributed by atoms with Crippen LogP contribution in [0.4, 0.5) is 0 Å². The molecule has 0 aliphatic carbocycles. The van der Waals surface area contributed by atoms with E-state index in [1.165, 1.54) is 4.90 Å². The fourth-order valence-electron chi connectivity index (χ4n) is 4.18. The molecule has 0 saturated carbocycles. The van der Waals surface area contributed by atoms with E-state index < -0.39 is 0 Å². The zero-order valence-corrected chi connectivity index (χ0v) is 19.6. The molecule has 0 N–H and O–H groups in total. The predicted molar refractivity (Wildman–Crippen MR) is 131 cm³/mol. The van der Waals surface area contributed by atoms with E-state index in [4.69, 9.17) is 18.9 Å². The lowest BCUT2D eigenvalue weighted by molar-refractivity contribution is -0.123.